The first kappa shape index (κ1) is 15.2. The van der Waals surface area contributed by atoms with Crippen LogP contribution in [-0.2, 0) is 6.54 Å². The van der Waals surface area contributed by atoms with Crippen molar-refractivity contribution in [1.82, 2.24) is 14.8 Å². The van der Waals surface area contributed by atoms with Crippen LogP contribution in [0.1, 0.15) is 31.9 Å². The predicted octanol–water partition coefficient (Wildman–Crippen LogP) is 3.58. The number of aromatic nitrogens is 3. The van der Waals surface area contributed by atoms with Gasteiger partial charge in [0.2, 0.25) is 5.95 Å². The minimum absolute atomic E-state index is 0.671. The second-order valence-electron chi connectivity index (χ2n) is 5.74. The van der Waals surface area contributed by atoms with E-state index in [0.29, 0.717) is 6.54 Å². The van der Waals surface area contributed by atoms with Crippen LogP contribution in [0, 0.1) is 0 Å². The number of rotatable bonds is 6. The normalized spacial score (nSPS) is 15.2. The Labute approximate surface area is 135 Å². The van der Waals surface area contributed by atoms with Crippen molar-refractivity contribution < 1.29 is 4.42 Å². The fraction of sp³-hybridized carbons (Fsp3) is 0.500. The number of anilines is 1. The SMILES string of the molecule is C=C(C)CSc1nnc(N2CCCCC2)n1Cc1ccco1. The summed E-state index contributed by atoms with van der Waals surface area (Å²) in [5, 5.41) is 9.77. The summed E-state index contributed by atoms with van der Waals surface area (Å²) < 4.78 is 7.67. The molecule has 0 aliphatic carbocycles. The number of nitrogens with zero attached hydrogens (tertiary/aromatic N) is 4. The molecule has 0 unspecified atom stereocenters. The Morgan fingerprint density at radius 1 is 1.32 bits per heavy atom. The molecule has 5 nitrogen and oxygen atoms in total. The van der Waals surface area contributed by atoms with Gasteiger partial charge >= 0.3 is 0 Å². The molecule has 2 aromatic rings. The largest absolute Gasteiger partial charge is 0.467 e. The molecule has 0 radical (unpaired) electrons. The van der Waals surface area contributed by atoms with Crippen molar-refractivity contribution >= 4 is 17.7 Å². The molecule has 6 heteroatoms. The van der Waals surface area contributed by atoms with Gasteiger partial charge in [0.1, 0.15) is 5.76 Å². The van der Waals surface area contributed by atoms with Crippen LogP contribution in [0.4, 0.5) is 5.95 Å². The maximum atomic E-state index is 5.51. The molecule has 22 heavy (non-hydrogen) atoms. The van der Waals surface area contributed by atoms with E-state index in [0.717, 1.165) is 41.3 Å². The van der Waals surface area contributed by atoms with Crippen LogP contribution in [-0.4, -0.2) is 33.6 Å². The lowest BCUT2D eigenvalue weighted by Crippen LogP contribution is -2.32. The topological polar surface area (TPSA) is 47.1 Å². The quantitative estimate of drug-likeness (QED) is 0.602. The van der Waals surface area contributed by atoms with E-state index in [1.54, 1.807) is 18.0 Å². The molecule has 0 aromatic carbocycles. The van der Waals surface area contributed by atoms with Crippen LogP contribution in [0.5, 0.6) is 0 Å². The summed E-state index contributed by atoms with van der Waals surface area (Å²) in [6.45, 7) is 8.78. The highest BCUT2D eigenvalue weighted by Crippen LogP contribution is 2.26. The van der Waals surface area contributed by atoms with Crippen molar-refractivity contribution in [2.24, 2.45) is 0 Å². The minimum atomic E-state index is 0.671. The molecule has 1 aliphatic heterocycles. The van der Waals surface area contributed by atoms with Gasteiger partial charge < -0.3 is 9.32 Å². The van der Waals surface area contributed by atoms with Gasteiger partial charge in [-0.3, -0.25) is 4.57 Å². The number of piperidine rings is 1. The summed E-state index contributed by atoms with van der Waals surface area (Å²) in [4.78, 5) is 2.34. The second-order valence-corrected chi connectivity index (χ2v) is 6.68. The summed E-state index contributed by atoms with van der Waals surface area (Å²) in [7, 11) is 0. The average molecular weight is 318 g/mol. The first-order chi connectivity index (χ1) is 10.7. The maximum absolute atomic E-state index is 5.51. The third-order valence-electron chi connectivity index (χ3n) is 3.68. The molecular formula is C16H22N4OS. The highest BCUT2D eigenvalue weighted by Gasteiger charge is 2.21. The molecule has 0 atom stereocenters. The Bertz CT molecular complexity index is 614. The number of furan rings is 1. The van der Waals surface area contributed by atoms with Gasteiger partial charge in [-0.25, -0.2) is 0 Å². The Balaban J connectivity index is 1.85. The molecule has 2 aromatic heterocycles. The fourth-order valence-corrected chi connectivity index (χ4v) is 3.38. The number of thioether (sulfide) groups is 1. The smallest absolute Gasteiger partial charge is 0.228 e. The van der Waals surface area contributed by atoms with E-state index in [2.05, 4.69) is 26.2 Å². The molecule has 3 rings (SSSR count). The molecular weight excluding hydrogens is 296 g/mol. The van der Waals surface area contributed by atoms with Gasteiger partial charge in [0, 0.05) is 18.8 Å². The molecule has 0 amide bonds. The van der Waals surface area contributed by atoms with Crippen LogP contribution in [0.15, 0.2) is 40.1 Å². The first-order valence-electron chi connectivity index (χ1n) is 7.72. The van der Waals surface area contributed by atoms with Crippen LogP contribution in [0.2, 0.25) is 0 Å². The Morgan fingerprint density at radius 2 is 2.14 bits per heavy atom. The second kappa shape index (κ2) is 7.05. The molecule has 0 N–H and O–H groups in total. The zero-order valence-corrected chi connectivity index (χ0v) is 13.8. The molecule has 3 heterocycles. The van der Waals surface area contributed by atoms with E-state index in [9.17, 15) is 0 Å². The molecule has 0 spiro atoms. The highest BCUT2D eigenvalue weighted by molar-refractivity contribution is 7.99. The maximum Gasteiger partial charge on any atom is 0.228 e. The summed E-state index contributed by atoms with van der Waals surface area (Å²) in [5.41, 5.74) is 1.14. The highest BCUT2D eigenvalue weighted by atomic mass is 32.2. The molecule has 118 valence electrons. The van der Waals surface area contributed by atoms with Crippen LogP contribution < -0.4 is 4.90 Å². The first-order valence-corrected chi connectivity index (χ1v) is 8.70. The van der Waals surface area contributed by atoms with Gasteiger partial charge in [-0.05, 0) is 38.3 Å². The standard InChI is InChI=1S/C16H22N4OS/c1-13(2)12-22-16-18-17-15(19-8-4-3-5-9-19)20(16)11-14-7-6-10-21-14/h6-7,10H,1,3-5,8-9,11-12H2,2H3. The van der Waals surface area contributed by atoms with Crippen molar-refractivity contribution in [2.75, 3.05) is 23.7 Å². The number of hydrogen-bond donors (Lipinski definition) is 0. The molecule has 1 saturated heterocycles. The van der Waals surface area contributed by atoms with E-state index in [1.807, 2.05) is 19.1 Å². The molecule has 1 fully saturated rings. The summed E-state index contributed by atoms with van der Waals surface area (Å²) >= 11 is 1.68. The van der Waals surface area contributed by atoms with E-state index in [4.69, 9.17) is 4.42 Å². The van der Waals surface area contributed by atoms with Gasteiger partial charge in [-0.15, -0.1) is 10.2 Å². The summed E-state index contributed by atoms with van der Waals surface area (Å²) in [6, 6.07) is 3.91. The number of hydrogen-bond acceptors (Lipinski definition) is 5. The lowest BCUT2D eigenvalue weighted by Gasteiger charge is -2.27. The van der Waals surface area contributed by atoms with Crippen LogP contribution in [0.3, 0.4) is 0 Å². The zero-order valence-electron chi connectivity index (χ0n) is 13.0. The van der Waals surface area contributed by atoms with Gasteiger partial charge in [0.25, 0.3) is 0 Å². The monoisotopic (exact) mass is 318 g/mol. The molecule has 0 saturated carbocycles. The van der Waals surface area contributed by atoms with E-state index in [-0.39, 0.29) is 0 Å². The van der Waals surface area contributed by atoms with E-state index < -0.39 is 0 Å². The van der Waals surface area contributed by atoms with Gasteiger partial charge in [-0.1, -0.05) is 23.9 Å². The lowest BCUT2D eigenvalue weighted by atomic mass is 10.1. The van der Waals surface area contributed by atoms with Crippen molar-refractivity contribution in [3.63, 3.8) is 0 Å². The zero-order chi connectivity index (χ0) is 15.4. The van der Waals surface area contributed by atoms with E-state index >= 15 is 0 Å². The third-order valence-corrected chi connectivity index (χ3v) is 4.88. The van der Waals surface area contributed by atoms with Gasteiger partial charge in [0.15, 0.2) is 5.16 Å². The minimum Gasteiger partial charge on any atom is -0.467 e. The average Bonchev–Trinajstić information content (AvgIpc) is 3.16. The van der Waals surface area contributed by atoms with Crippen molar-refractivity contribution in [1.29, 1.82) is 0 Å². The van der Waals surface area contributed by atoms with Crippen LogP contribution in [0.25, 0.3) is 0 Å². The Kier molecular flexibility index (Phi) is 4.87. The Morgan fingerprint density at radius 3 is 2.82 bits per heavy atom. The summed E-state index contributed by atoms with van der Waals surface area (Å²) in [6.07, 6.45) is 5.46. The van der Waals surface area contributed by atoms with Crippen molar-refractivity contribution in [3.8, 4) is 0 Å². The molecule has 1 aliphatic rings. The van der Waals surface area contributed by atoms with Crippen molar-refractivity contribution in [2.45, 2.75) is 37.9 Å². The predicted molar refractivity (Wildman–Crippen MR) is 89.4 cm³/mol. The third kappa shape index (κ3) is 3.55. The van der Waals surface area contributed by atoms with Crippen LogP contribution >= 0.6 is 11.8 Å². The van der Waals surface area contributed by atoms with Gasteiger partial charge in [0.05, 0.1) is 12.8 Å². The fourth-order valence-electron chi connectivity index (χ4n) is 2.60. The van der Waals surface area contributed by atoms with Crippen molar-refractivity contribution in [3.05, 3.63) is 36.3 Å². The molecule has 0 bridgehead atoms. The van der Waals surface area contributed by atoms with Gasteiger partial charge in [-0.2, -0.15) is 0 Å². The van der Waals surface area contributed by atoms with E-state index in [1.165, 1.54) is 19.3 Å². The lowest BCUT2D eigenvalue weighted by molar-refractivity contribution is 0.479. The Hall–Kier alpha value is -1.69. The summed E-state index contributed by atoms with van der Waals surface area (Å²) in [5.74, 6) is 2.74.